The molecule has 0 spiro atoms. The van der Waals surface area contributed by atoms with Gasteiger partial charge >= 0.3 is 12.0 Å². The summed E-state index contributed by atoms with van der Waals surface area (Å²) >= 11 is 0. The number of ether oxygens (including phenoxy) is 1. The van der Waals surface area contributed by atoms with Crippen LogP contribution >= 0.6 is 0 Å². The van der Waals surface area contributed by atoms with Crippen LogP contribution in [-0.2, 0) is 0 Å². The molecule has 0 aliphatic heterocycles. The molecule has 108 valence electrons. The Bertz CT molecular complexity index is 682. The van der Waals surface area contributed by atoms with E-state index in [1.807, 2.05) is 0 Å². The zero-order valence-electron chi connectivity index (χ0n) is 9.88. The zero-order chi connectivity index (χ0) is 16.2. The number of rotatable bonds is 3. The SMILES string of the molecule is N#CC(C#N)=Cc1cc(OC(F)(F)F)cc([N+](=O)[O-])c1O. The fourth-order valence-electron chi connectivity index (χ4n) is 1.30. The van der Waals surface area contributed by atoms with Crippen LogP contribution in [0.15, 0.2) is 17.7 Å². The van der Waals surface area contributed by atoms with Crippen molar-refractivity contribution in [1.82, 2.24) is 0 Å². The van der Waals surface area contributed by atoms with Crippen LogP contribution in [0.2, 0.25) is 0 Å². The van der Waals surface area contributed by atoms with E-state index in [1.165, 1.54) is 12.1 Å². The highest BCUT2D eigenvalue weighted by atomic mass is 19.4. The number of alkyl halides is 3. The predicted molar refractivity (Wildman–Crippen MR) is 60.6 cm³/mol. The zero-order valence-corrected chi connectivity index (χ0v) is 9.88. The van der Waals surface area contributed by atoms with Gasteiger partial charge in [0.1, 0.15) is 23.5 Å². The molecule has 1 aromatic carbocycles. The van der Waals surface area contributed by atoms with Crippen molar-refractivity contribution >= 4 is 11.8 Å². The maximum absolute atomic E-state index is 12.1. The third-order valence-corrected chi connectivity index (χ3v) is 2.06. The van der Waals surface area contributed by atoms with E-state index < -0.39 is 39.6 Å². The molecule has 0 fully saturated rings. The third kappa shape index (κ3) is 4.11. The van der Waals surface area contributed by atoms with Gasteiger partial charge in [0.15, 0.2) is 0 Å². The number of benzene rings is 1. The average Bonchev–Trinajstić information content (AvgIpc) is 2.36. The Balaban J connectivity index is 3.50. The molecule has 1 rings (SSSR count). The van der Waals surface area contributed by atoms with Crippen molar-refractivity contribution in [2.45, 2.75) is 6.36 Å². The van der Waals surface area contributed by atoms with Crippen LogP contribution in [0.4, 0.5) is 18.9 Å². The van der Waals surface area contributed by atoms with E-state index in [0.29, 0.717) is 18.2 Å². The van der Waals surface area contributed by atoms with E-state index in [0.717, 1.165) is 0 Å². The molecule has 0 heterocycles. The number of allylic oxidation sites excluding steroid dienone is 1. The second-order valence-electron chi connectivity index (χ2n) is 3.47. The number of nitriles is 2. The molecule has 0 aliphatic rings. The first kappa shape index (κ1) is 15.8. The minimum atomic E-state index is -5.10. The van der Waals surface area contributed by atoms with Crippen LogP contribution in [0.1, 0.15) is 5.56 Å². The number of hydrogen-bond donors (Lipinski definition) is 1. The van der Waals surface area contributed by atoms with Crippen molar-refractivity contribution in [2.24, 2.45) is 0 Å². The molecule has 21 heavy (non-hydrogen) atoms. The lowest BCUT2D eigenvalue weighted by Crippen LogP contribution is -2.17. The summed E-state index contributed by atoms with van der Waals surface area (Å²) in [6, 6.07) is 3.79. The van der Waals surface area contributed by atoms with Gasteiger partial charge in [0.05, 0.1) is 11.0 Å². The molecule has 0 saturated heterocycles. The first-order valence-electron chi connectivity index (χ1n) is 4.97. The van der Waals surface area contributed by atoms with Gasteiger partial charge < -0.3 is 9.84 Å². The molecule has 1 N–H and O–H groups in total. The van der Waals surface area contributed by atoms with Crippen LogP contribution in [-0.4, -0.2) is 16.4 Å². The molecule has 0 saturated carbocycles. The second-order valence-corrected chi connectivity index (χ2v) is 3.47. The van der Waals surface area contributed by atoms with Gasteiger partial charge in [0.2, 0.25) is 5.75 Å². The summed E-state index contributed by atoms with van der Waals surface area (Å²) in [5.41, 5.74) is -2.15. The largest absolute Gasteiger partial charge is 0.573 e. The number of hydrogen-bond acceptors (Lipinski definition) is 6. The summed E-state index contributed by atoms with van der Waals surface area (Å²) in [4.78, 5) is 9.54. The minimum absolute atomic E-state index is 0.374. The molecule has 0 aliphatic carbocycles. The molecule has 0 radical (unpaired) electrons. The molecule has 0 aromatic heterocycles. The van der Waals surface area contributed by atoms with Crippen molar-refractivity contribution in [3.05, 3.63) is 33.4 Å². The van der Waals surface area contributed by atoms with Crippen LogP contribution in [0.3, 0.4) is 0 Å². The molecular formula is C11H4F3N3O4. The van der Waals surface area contributed by atoms with Crippen LogP contribution in [0.25, 0.3) is 6.08 Å². The van der Waals surface area contributed by atoms with E-state index in [4.69, 9.17) is 10.5 Å². The normalized spacial score (nSPS) is 10.1. The Kier molecular flexibility index (Phi) is 4.36. The van der Waals surface area contributed by atoms with Crippen molar-refractivity contribution in [2.75, 3.05) is 0 Å². The lowest BCUT2D eigenvalue weighted by molar-refractivity contribution is -0.386. The Morgan fingerprint density at radius 2 is 1.95 bits per heavy atom. The molecule has 0 amide bonds. The summed E-state index contributed by atoms with van der Waals surface area (Å²) in [6.07, 6.45) is -4.40. The number of halogens is 3. The summed E-state index contributed by atoms with van der Waals surface area (Å²) in [5.74, 6) is -1.95. The molecule has 1 aromatic rings. The molecule has 0 bridgehead atoms. The summed E-state index contributed by atoms with van der Waals surface area (Å²) in [7, 11) is 0. The topological polar surface area (TPSA) is 120 Å². The van der Waals surface area contributed by atoms with Crippen molar-refractivity contribution < 1.29 is 27.9 Å². The highest BCUT2D eigenvalue weighted by Gasteiger charge is 2.32. The van der Waals surface area contributed by atoms with Crippen LogP contribution in [0.5, 0.6) is 11.5 Å². The highest BCUT2D eigenvalue weighted by Crippen LogP contribution is 2.37. The monoisotopic (exact) mass is 299 g/mol. The fourth-order valence-corrected chi connectivity index (χ4v) is 1.30. The highest BCUT2D eigenvalue weighted by molar-refractivity contribution is 5.71. The van der Waals surface area contributed by atoms with Gasteiger partial charge in [-0.2, -0.15) is 10.5 Å². The Hall–Kier alpha value is -3.27. The first-order chi connectivity index (χ1) is 9.67. The number of phenolic OH excluding ortho intramolecular Hbond substituents is 1. The summed E-state index contributed by atoms with van der Waals surface area (Å²) in [5, 5.41) is 37.3. The number of nitro groups is 1. The Morgan fingerprint density at radius 1 is 1.38 bits per heavy atom. The number of phenols is 1. The number of nitrogens with zero attached hydrogens (tertiary/aromatic N) is 3. The van der Waals surface area contributed by atoms with Crippen molar-refractivity contribution in [1.29, 1.82) is 10.5 Å². The van der Waals surface area contributed by atoms with Gasteiger partial charge in [-0.15, -0.1) is 13.2 Å². The summed E-state index contributed by atoms with van der Waals surface area (Å²) in [6.45, 7) is 0. The van der Waals surface area contributed by atoms with Crippen LogP contribution < -0.4 is 4.74 Å². The second kappa shape index (κ2) is 5.79. The molecular weight excluding hydrogens is 295 g/mol. The molecule has 0 atom stereocenters. The molecule has 10 heteroatoms. The standard InChI is InChI=1S/C11H4F3N3O4/c12-11(13,14)21-8-2-7(1-6(4-15)5-16)10(18)9(3-8)17(19)20/h1-3,18H. The van der Waals surface area contributed by atoms with Gasteiger partial charge in [0, 0.05) is 5.56 Å². The molecule has 7 nitrogen and oxygen atoms in total. The van der Waals surface area contributed by atoms with Gasteiger partial charge in [-0.05, 0) is 12.1 Å². The van der Waals surface area contributed by atoms with Gasteiger partial charge in [-0.1, -0.05) is 0 Å². The van der Waals surface area contributed by atoms with Gasteiger partial charge in [0.25, 0.3) is 0 Å². The predicted octanol–water partition coefficient (Wildman–Crippen LogP) is 2.63. The van der Waals surface area contributed by atoms with E-state index in [-0.39, 0.29) is 0 Å². The van der Waals surface area contributed by atoms with Gasteiger partial charge in [-0.3, -0.25) is 10.1 Å². The lowest BCUT2D eigenvalue weighted by atomic mass is 10.1. The first-order valence-corrected chi connectivity index (χ1v) is 4.97. The number of nitro benzene ring substituents is 1. The Morgan fingerprint density at radius 3 is 2.38 bits per heavy atom. The molecule has 0 unspecified atom stereocenters. The van der Waals surface area contributed by atoms with Crippen molar-refractivity contribution in [3.8, 4) is 23.6 Å². The summed E-state index contributed by atoms with van der Waals surface area (Å²) < 4.78 is 39.9. The van der Waals surface area contributed by atoms with E-state index >= 15 is 0 Å². The minimum Gasteiger partial charge on any atom is -0.502 e. The number of aromatic hydroxyl groups is 1. The third-order valence-electron chi connectivity index (χ3n) is 2.06. The average molecular weight is 299 g/mol. The smallest absolute Gasteiger partial charge is 0.502 e. The van der Waals surface area contributed by atoms with E-state index in [1.54, 1.807) is 0 Å². The van der Waals surface area contributed by atoms with E-state index in [9.17, 15) is 28.4 Å². The maximum atomic E-state index is 12.1. The fraction of sp³-hybridized carbons (Fsp3) is 0.0909. The van der Waals surface area contributed by atoms with Crippen molar-refractivity contribution in [3.63, 3.8) is 0 Å². The quantitative estimate of drug-likeness (QED) is 0.520. The van der Waals surface area contributed by atoms with E-state index in [2.05, 4.69) is 4.74 Å². The Labute approximate surface area is 114 Å². The lowest BCUT2D eigenvalue weighted by Gasteiger charge is -2.10. The van der Waals surface area contributed by atoms with Gasteiger partial charge in [-0.25, -0.2) is 0 Å². The maximum Gasteiger partial charge on any atom is 0.573 e. The van der Waals surface area contributed by atoms with Crippen LogP contribution in [0, 0.1) is 32.8 Å².